The molecular weight excluding hydrogens is 332 g/mol. The first-order chi connectivity index (χ1) is 11.2. The highest BCUT2D eigenvalue weighted by atomic mass is 35.5. The summed E-state index contributed by atoms with van der Waals surface area (Å²) in [6.45, 7) is 2.06. The van der Waals surface area contributed by atoms with Gasteiger partial charge in [-0.2, -0.15) is 0 Å². The van der Waals surface area contributed by atoms with Crippen LogP contribution in [0, 0.1) is 0 Å². The van der Waals surface area contributed by atoms with E-state index in [9.17, 15) is 0 Å². The summed E-state index contributed by atoms with van der Waals surface area (Å²) in [6.07, 6.45) is 0. The zero-order valence-corrected chi connectivity index (χ0v) is 14.3. The largest absolute Gasteiger partial charge is 0.497 e. The molecule has 1 heterocycles. The van der Waals surface area contributed by atoms with E-state index in [4.69, 9.17) is 20.8 Å². The minimum atomic E-state index is 0.118. The number of halogens is 1. The number of nitrogens with zero attached hydrogens (tertiary/aromatic N) is 2. The maximum Gasteiger partial charge on any atom is 0.277 e. The van der Waals surface area contributed by atoms with E-state index in [0.717, 1.165) is 21.9 Å². The number of methoxy groups -OCH3 is 1. The molecule has 0 aliphatic carbocycles. The molecule has 3 rings (SSSR count). The van der Waals surface area contributed by atoms with Crippen molar-refractivity contribution >= 4 is 23.4 Å². The van der Waals surface area contributed by atoms with E-state index in [0.29, 0.717) is 11.1 Å². The summed E-state index contributed by atoms with van der Waals surface area (Å²) in [5, 5.41) is 9.58. The van der Waals surface area contributed by atoms with Crippen molar-refractivity contribution in [3.05, 3.63) is 59.1 Å². The summed E-state index contributed by atoms with van der Waals surface area (Å²) in [6, 6.07) is 15.3. The van der Waals surface area contributed by atoms with E-state index in [2.05, 4.69) is 17.1 Å². The fourth-order valence-corrected chi connectivity index (χ4v) is 3.34. The Hall–Kier alpha value is -1.98. The summed E-state index contributed by atoms with van der Waals surface area (Å²) in [7, 11) is 1.63. The molecule has 0 unspecified atom stereocenters. The Balaban J connectivity index is 1.75. The standard InChI is InChI=1S/C17H15ClN2O2S/c1-11(14-5-3-4-6-15(14)18)23-17-20-19-16(22-17)12-7-9-13(21-2)10-8-12/h3-11H,1-2H3/t11-/m1/s1. The van der Waals surface area contributed by atoms with Gasteiger partial charge in [0.1, 0.15) is 5.75 Å². The molecule has 118 valence electrons. The number of ether oxygens (including phenoxy) is 1. The molecule has 0 saturated heterocycles. The van der Waals surface area contributed by atoms with E-state index in [-0.39, 0.29) is 5.25 Å². The highest BCUT2D eigenvalue weighted by Gasteiger charge is 2.16. The molecule has 23 heavy (non-hydrogen) atoms. The van der Waals surface area contributed by atoms with Gasteiger partial charge in [-0.3, -0.25) is 0 Å². The number of rotatable bonds is 5. The van der Waals surface area contributed by atoms with E-state index in [1.54, 1.807) is 7.11 Å². The van der Waals surface area contributed by atoms with Gasteiger partial charge in [0, 0.05) is 15.8 Å². The summed E-state index contributed by atoms with van der Waals surface area (Å²) in [5.74, 6) is 1.27. The Labute approximate surface area is 143 Å². The first-order valence-electron chi connectivity index (χ1n) is 7.06. The molecule has 1 atom stereocenters. The molecule has 0 saturated carbocycles. The van der Waals surface area contributed by atoms with Gasteiger partial charge < -0.3 is 9.15 Å². The maximum absolute atomic E-state index is 6.22. The van der Waals surface area contributed by atoms with E-state index in [1.165, 1.54) is 11.8 Å². The van der Waals surface area contributed by atoms with Crippen LogP contribution >= 0.6 is 23.4 Å². The highest BCUT2D eigenvalue weighted by molar-refractivity contribution is 7.99. The average molecular weight is 347 g/mol. The molecule has 3 aromatic rings. The Morgan fingerprint density at radius 1 is 1.09 bits per heavy atom. The first-order valence-corrected chi connectivity index (χ1v) is 8.32. The quantitative estimate of drug-likeness (QED) is 0.590. The molecule has 0 N–H and O–H groups in total. The summed E-state index contributed by atoms with van der Waals surface area (Å²) >= 11 is 7.71. The van der Waals surface area contributed by atoms with Crippen molar-refractivity contribution < 1.29 is 9.15 Å². The van der Waals surface area contributed by atoms with Crippen molar-refractivity contribution in [2.24, 2.45) is 0 Å². The predicted molar refractivity (Wildman–Crippen MR) is 92.0 cm³/mol. The van der Waals surface area contributed by atoms with Gasteiger partial charge in [0.05, 0.1) is 7.11 Å². The second-order valence-corrected chi connectivity index (χ2v) is 6.58. The molecule has 6 heteroatoms. The molecule has 4 nitrogen and oxygen atoms in total. The van der Waals surface area contributed by atoms with Crippen LogP contribution in [0.25, 0.3) is 11.5 Å². The molecule has 1 aromatic heterocycles. The summed E-state index contributed by atoms with van der Waals surface area (Å²) in [4.78, 5) is 0. The van der Waals surface area contributed by atoms with Gasteiger partial charge in [-0.1, -0.05) is 41.6 Å². The van der Waals surface area contributed by atoms with Crippen LogP contribution in [0.3, 0.4) is 0 Å². The molecule has 0 radical (unpaired) electrons. The molecule has 2 aromatic carbocycles. The monoisotopic (exact) mass is 346 g/mol. The fourth-order valence-electron chi connectivity index (χ4n) is 2.13. The van der Waals surface area contributed by atoms with E-state index < -0.39 is 0 Å². The molecule has 0 spiro atoms. The van der Waals surface area contributed by atoms with E-state index >= 15 is 0 Å². The van der Waals surface area contributed by atoms with Crippen LogP contribution in [0.15, 0.2) is 58.2 Å². The fraction of sp³-hybridized carbons (Fsp3) is 0.176. The van der Waals surface area contributed by atoms with Crippen LogP contribution in [0.5, 0.6) is 5.75 Å². The lowest BCUT2D eigenvalue weighted by atomic mass is 10.2. The van der Waals surface area contributed by atoms with Crippen LogP contribution in [0.4, 0.5) is 0 Å². The molecule has 0 bridgehead atoms. The van der Waals surface area contributed by atoms with Gasteiger partial charge in [-0.05, 0) is 42.8 Å². The van der Waals surface area contributed by atoms with Gasteiger partial charge in [-0.15, -0.1) is 10.2 Å². The minimum absolute atomic E-state index is 0.118. The van der Waals surface area contributed by atoms with Crippen molar-refractivity contribution in [3.63, 3.8) is 0 Å². The average Bonchev–Trinajstić information content (AvgIpc) is 3.03. The van der Waals surface area contributed by atoms with Crippen LogP contribution < -0.4 is 4.74 Å². The van der Waals surface area contributed by atoms with Crippen molar-refractivity contribution in [2.45, 2.75) is 17.4 Å². The van der Waals surface area contributed by atoms with Gasteiger partial charge in [0.2, 0.25) is 5.89 Å². The number of thioether (sulfide) groups is 1. The van der Waals surface area contributed by atoms with Crippen molar-refractivity contribution in [1.29, 1.82) is 0 Å². The zero-order valence-electron chi connectivity index (χ0n) is 12.7. The normalized spacial score (nSPS) is 12.1. The van der Waals surface area contributed by atoms with Crippen molar-refractivity contribution in [1.82, 2.24) is 10.2 Å². The highest BCUT2D eigenvalue weighted by Crippen LogP contribution is 2.37. The SMILES string of the molecule is COc1ccc(-c2nnc(S[C@H](C)c3ccccc3Cl)o2)cc1. The third-order valence-electron chi connectivity index (χ3n) is 3.36. The lowest BCUT2D eigenvalue weighted by molar-refractivity contribution is 0.414. The first kappa shape index (κ1) is 15.9. The number of hydrogen-bond donors (Lipinski definition) is 0. The zero-order chi connectivity index (χ0) is 16.2. The van der Waals surface area contributed by atoms with Crippen molar-refractivity contribution in [2.75, 3.05) is 7.11 Å². The second kappa shape index (κ2) is 7.06. The van der Waals surface area contributed by atoms with Gasteiger partial charge in [-0.25, -0.2) is 0 Å². The second-order valence-electron chi connectivity index (χ2n) is 4.88. The third kappa shape index (κ3) is 3.68. The molecule has 0 aliphatic heterocycles. The molecular formula is C17H15ClN2O2S. The van der Waals surface area contributed by atoms with Gasteiger partial charge >= 0.3 is 0 Å². The molecule has 0 fully saturated rings. The molecule has 0 amide bonds. The lowest BCUT2D eigenvalue weighted by Crippen LogP contribution is -1.89. The Bertz CT molecular complexity index is 789. The maximum atomic E-state index is 6.22. The van der Waals surface area contributed by atoms with Crippen LogP contribution in [0.2, 0.25) is 5.02 Å². The van der Waals surface area contributed by atoms with Crippen LogP contribution in [-0.4, -0.2) is 17.3 Å². The van der Waals surface area contributed by atoms with Crippen molar-refractivity contribution in [3.8, 4) is 17.2 Å². The van der Waals surface area contributed by atoms with Crippen LogP contribution in [0.1, 0.15) is 17.7 Å². The lowest BCUT2D eigenvalue weighted by Gasteiger charge is -2.10. The smallest absolute Gasteiger partial charge is 0.277 e. The van der Waals surface area contributed by atoms with Gasteiger partial charge in [0.15, 0.2) is 0 Å². The van der Waals surface area contributed by atoms with Gasteiger partial charge in [0.25, 0.3) is 5.22 Å². The summed E-state index contributed by atoms with van der Waals surface area (Å²) < 4.78 is 10.9. The Morgan fingerprint density at radius 3 is 2.52 bits per heavy atom. The molecule has 0 aliphatic rings. The Morgan fingerprint density at radius 2 is 1.83 bits per heavy atom. The number of hydrogen-bond acceptors (Lipinski definition) is 5. The number of benzene rings is 2. The number of aromatic nitrogens is 2. The summed E-state index contributed by atoms with van der Waals surface area (Å²) in [5.41, 5.74) is 1.90. The van der Waals surface area contributed by atoms with Crippen LogP contribution in [-0.2, 0) is 0 Å². The third-order valence-corrected chi connectivity index (χ3v) is 4.68. The topological polar surface area (TPSA) is 48.2 Å². The predicted octanol–water partition coefficient (Wildman–Crippen LogP) is 5.25. The minimum Gasteiger partial charge on any atom is -0.497 e. The Kier molecular flexibility index (Phi) is 4.88. The van der Waals surface area contributed by atoms with E-state index in [1.807, 2.05) is 48.5 Å².